The van der Waals surface area contributed by atoms with Crippen LogP contribution in [0.1, 0.15) is 16.8 Å². The Hall–Kier alpha value is -3.83. The molecule has 2 aromatic carbocycles. The highest BCUT2D eigenvalue weighted by Gasteiger charge is 2.09. The third-order valence-corrected chi connectivity index (χ3v) is 3.52. The van der Waals surface area contributed by atoms with E-state index in [-0.39, 0.29) is 0 Å². The topological polar surface area (TPSA) is 81.7 Å². The fraction of sp³-hybridized carbons (Fsp3) is 0.0500. The van der Waals surface area contributed by atoms with Gasteiger partial charge >= 0.3 is 0 Å². The van der Waals surface area contributed by atoms with Gasteiger partial charge in [-0.2, -0.15) is 10.5 Å². The lowest BCUT2D eigenvalue weighted by Gasteiger charge is -2.12. The fourth-order valence-electron chi connectivity index (χ4n) is 2.32. The largest absolute Gasteiger partial charge is 0.487 e. The average Bonchev–Trinajstić information content (AvgIpc) is 2.67. The van der Waals surface area contributed by atoms with E-state index in [1.54, 1.807) is 24.4 Å². The van der Waals surface area contributed by atoms with Crippen LogP contribution in [0.4, 0.5) is 11.4 Å². The number of hydrogen-bond donors (Lipinski definition) is 1. The van der Waals surface area contributed by atoms with Crippen molar-refractivity contribution in [2.75, 3.05) is 5.32 Å². The molecule has 0 aliphatic carbocycles. The summed E-state index contributed by atoms with van der Waals surface area (Å²) >= 11 is 0. The monoisotopic (exact) mass is 326 g/mol. The first-order chi connectivity index (χ1) is 12.3. The molecule has 1 aromatic heterocycles. The zero-order valence-electron chi connectivity index (χ0n) is 13.3. The molecule has 3 rings (SSSR count). The van der Waals surface area contributed by atoms with Crippen LogP contribution in [0.3, 0.4) is 0 Å². The second-order valence-corrected chi connectivity index (χ2v) is 5.21. The van der Waals surface area contributed by atoms with Gasteiger partial charge in [-0.3, -0.25) is 4.98 Å². The molecule has 0 saturated carbocycles. The van der Waals surface area contributed by atoms with E-state index in [2.05, 4.69) is 22.4 Å². The number of para-hydroxylation sites is 1. The maximum absolute atomic E-state index is 9.25. The molecule has 0 spiro atoms. The molecule has 0 aliphatic heterocycles. The van der Waals surface area contributed by atoms with Gasteiger partial charge in [-0.05, 0) is 36.4 Å². The molecule has 5 heteroatoms. The molecule has 1 heterocycles. The molecule has 25 heavy (non-hydrogen) atoms. The standard InChI is InChI=1S/C20H14N4O/c21-12-15-5-3-6-16(13-22)20(15)24-17-8-4-9-19(11-17)25-14-18-7-1-2-10-23-18/h1-11,24H,14H2. The second kappa shape index (κ2) is 7.63. The van der Waals surface area contributed by atoms with Crippen LogP contribution in [0, 0.1) is 22.7 Å². The Morgan fingerprint density at radius 2 is 1.68 bits per heavy atom. The lowest BCUT2D eigenvalue weighted by atomic mass is 10.1. The summed E-state index contributed by atoms with van der Waals surface area (Å²) in [5.41, 5.74) is 2.90. The van der Waals surface area contributed by atoms with E-state index in [4.69, 9.17) is 4.74 Å². The first-order valence-corrected chi connectivity index (χ1v) is 7.63. The Kier molecular flexibility index (Phi) is 4.90. The molecule has 0 unspecified atom stereocenters. The second-order valence-electron chi connectivity index (χ2n) is 5.21. The quantitative estimate of drug-likeness (QED) is 0.761. The van der Waals surface area contributed by atoms with Crippen molar-refractivity contribution in [2.45, 2.75) is 6.61 Å². The molecule has 120 valence electrons. The molecule has 0 amide bonds. The van der Waals surface area contributed by atoms with Gasteiger partial charge < -0.3 is 10.1 Å². The van der Waals surface area contributed by atoms with Gasteiger partial charge in [-0.25, -0.2) is 0 Å². The van der Waals surface area contributed by atoms with Crippen LogP contribution in [-0.4, -0.2) is 4.98 Å². The number of aromatic nitrogens is 1. The number of nitriles is 2. The zero-order valence-corrected chi connectivity index (χ0v) is 13.3. The van der Waals surface area contributed by atoms with Gasteiger partial charge in [-0.1, -0.05) is 18.2 Å². The summed E-state index contributed by atoms with van der Waals surface area (Å²) in [5.74, 6) is 0.670. The zero-order chi connectivity index (χ0) is 17.5. The summed E-state index contributed by atoms with van der Waals surface area (Å²) in [6, 6.07) is 22.2. The molecule has 3 aromatic rings. The SMILES string of the molecule is N#Cc1cccc(C#N)c1Nc1cccc(OCc2ccccn2)c1. The van der Waals surface area contributed by atoms with Crippen LogP contribution in [0.5, 0.6) is 5.75 Å². The summed E-state index contributed by atoms with van der Waals surface area (Å²) in [4.78, 5) is 4.22. The van der Waals surface area contributed by atoms with E-state index in [0.717, 1.165) is 11.4 Å². The van der Waals surface area contributed by atoms with Crippen molar-refractivity contribution < 1.29 is 4.74 Å². The molecule has 0 bridgehead atoms. The van der Waals surface area contributed by atoms with Crippen LogP contribution in [0.25, 0.3) is 0 Å². The van der Waals surface area contributed by atoms with Crippen LogP contribution in [0.2, 0.25) is 0 Å². The highest BCUT2D eigenvalue weighted by Crippen LogP contribution is 2.27. The molecule has 0 radical (unpaired) electrons. The summed E-state index contributed by atoms with van der Waals surface area (Å²) in [5, 5.41) is 21.6. The lowest BCUT2D eigenvalue weighted by molar-refractivity contribution is 0.301. The van der Waals surface area contributed by atoms with Crippen LogP contribution in [-0.2, 0) is 6.61 Å². The molecule has 0 aliphatic rings. The molecular formula is C20H14N4O. The number of pyridine rings is 1. The third kappa shape index (κ3) is 3.93. The third-order valence-electron chi connectivity index (χ3n) is 3.52. The van der Waals surface area contributed by atoms with Crippen LogP contribution >= 0.6 is 0 Å². The molecular weight excluding hydrogens is 312 g/mol. The van der Waals surface area contributed by atoms with Gasteiger partial charge in [-0.15, -0.1) is 0 Å². The number of nitrogens with zero attached hydrogens (tertiary/aromatic N) is 3. The van der Waals surface area contributed by atoms with Crippen molar-refractivity contribution in [2.24, 2.45) is 0 Å². The number of hydrogen-bond acceptors (Lipinski definition) is 5. The summed E-state index contributed by atoms with van der Waals surface area (Å²) in [6.45, 7) is 0.364. The Morgan fingerprint density at radius 3 is 2.36 bits per heavy atom. The Bertz CT molecular complexity index is 923. The molecule has 0 atom stereocenters. The smallest absolute Gasteiger partial charge is 0.130 e. The predicted octanol–water partition coefficient (Wildman–Crippen LogP) is 4.15. The first-order valence-electron chi connectivity index (χ1n) is 7.63. The summed E-state index contributed by atoms with van der Waals surface area (Å²) in [6.07, 6.45) is 1.72. The highest BCUT2D eigenvalue weighted by atomic mass is 16.5. The number of nitrogens with one attached hydrogen (secondary N) is 1. The minimum absolute atomic E-state index is 0.364. The molecule has 1 N–H and O–H groups in total. The van der Waals surface area contributed by atoms with Crippen LogP contribution < -0.4 is 10.1 Å². The van der Waals surface area contributed by atoms with E-state index in [0.29, 0.717) is 29.2 Å². The summed E-state index contributed by atoms with van der Waals surface area (Å²) in [7, 11) is 0. The maximum Gasteiger partial charge on any atom is 0.130 e. The van der Waals surface area contributed by atoms with E-state index < -0.39 is 0 Å². The van der Waals surface area contributed by atoms with E-state index >= 15 is 0 Å². The van der Waals surface area contributed by atoms with Crippen molar-refractivity contribution >= 4 is 11.4 Å². The Balaban J connectivity index is 1.79. The lowest BCUT2D eigenvalue weighted by Crippen LogP contribution is -1.99. The van der Waals surface area contributed by atoms with Crippen molar-refractivity contribution in [3.63, 3.8) is 0 Å². The van der Waals surface area contributed by atoms with Gasteiger partial charge in [0.25, 0.3) is 0 Å². The van der Waals surface area contributed by atoms with Crippen molar-refractivity contribution in [3.05, 3.63) is 83.7 Å². The van der Waals surface area contributed by atoms with E-state index in [1.165, 1.54) is 0 Å². The van der Waals surface area contributed by atoms with Gasteiger partial charge in [0.2, 0.25) is 0 Å². The Morgan fingerprint density at radius 1 is 0.920 bits per heavy atom. The highest BCUT2D eigenvalue weighted by molar-refractivity contribution is 5.73. The molecule has 5 nitrogen and oxygen atoms in total. The minimum atomic E-state index is 0.364. The minimum Gasteiger partial charge on any atom is -0.487 e. The average molecular weight is 326 g/mol. The van der Waals surface area contributed by atoms with Crippen molar-refractivity contribution in [1.82, 2.24) is 4.98 Å². The van der Waals surface area contributed by atoms with Gasteiger partial charge in [0.05, 0.1) is 22.5 Å². The van der Waals surface area contributed by atoms with Gasteiger partial charge in [0.15, 0.2) is 0 Å². The van der Waals surface area contributed by atoms with E-state index in [9.17, 15) is 10.5 Å². The van der Waals surface area contributed by atoms with Gasteiger partial charge in [0, 0.05) is 18.0 Å². The van der Waals surface area contributed by atoms with Crippen LogP contribution in [0.15, 0.2) is 66.9 Å². The van der Waals surface area contributed by atoms with Crippen molar-refractivity contribution in [1.29, 1.82) is 10.5 Å². The predicted molar refractivity (Wildman–Crippen MR) is 94.2 cm³/mol. The first kappa shape index (κ1) is 16.0. The van der Waals surface area contributed by atoms with Gasteiger partial charge in [0.1, 0.15) is 24.5 Å². The Labute approximate surface area is 145 Å². The van der Waals surface area contributed by atoms with E-state index in [1.807, 2.05) is 42.5 Å². The fourth-order valence-corrected chi connectivity index (χ4v) is 2.32. The molecule has 0 saturated heterocycles. The number of rotatable bonds is 5. The molecule has 0 fully saturated rings. The maximum atomic E-state index is 9.25. The normalized spacial score (nSPS) is 9.68. The number of ether oxygens (including phenoxy) is 1. The number of benzene rings is 2. The van der Waals surface area contributed by atoms with Crippen molar-refractivity contribution in [3.8, 4) is 17.9 Å². The number of anilines is 2. The summed E-state index contributed by atoms with van der Waals surface area (Å²) < 4.78 is 5.75.